The van der Waals surface area contributed by atoms with Crippen molar-refractivity contribution in [1.82, 2.24) is 14.9 Å². The number of carbonyl (C=O) groups excluding carboxylic acids is 1. The first-order valence-corrected chi connectivity index (χ1v) is 5.44. The van der Waals surface area contributed by atoms with Gasteiger partial charge in [-0.15, -0.1) is 0 Å². The van der Waals surface area contributed by atoms with E-state index in [1.807, 2.05) is 7.05 Å². The highest BCUT2D eigenvalue weighted by atomic mass is 16.2. The summed E-state index contributed by atoms with van der Waals surface area (Å²) in [6.45, 7) is 3.33. The van der Waals surface area contributed by atoms with Crippen molar-refractivity contribution in [3.63, 3.8) is 0 Å². The Balaban J connectivity index is 2.01. The summed E-state index contributed by atoms with van der Waals surface area (Å²) in [5.74, 6) is 0.864. The topological polar surface area (TPSA) is 49.3 Å². The highest BCUT2D eigenvalue weighted by Crippen LogP contribution is 2.18. The Bertz CT molecular complexity index is 368. The van der Waals surface area contributed by atoms with Crippen LogP contribution in [0.1, 0.15) is 13.3 Å². The van der Waals surface area contributed by atoms with E-state index in [1.165, 1.54) is 0 Å². The SMILES string of the molecule is CC(=O)N(C)C1CCN(c2ncccn2)C1. The molecule has 0 aromatic carbocycles. The molecule has 0 saturated carbocycles. The number of anilines is 1. The van der Waals surface area contributed by atoms with Crippen LogP contribution in [0.25, 0.3) is 0 Å². The molecule has 5 nitrogen and oxygen atoms in total. The van der Waals surface area contributed by atoms with Gasteiger partial charge in [-0.25, -0.2) is 9.97 Å². The second-order valence-corrected chi connectivity index (χ2v) is 4.07. The number of rotatable bonds is 2. The average Bonchev–Trinajstić information content (AvgIpc) is 2.78. The minimum atomic E-state index is 0.112. The summed E-state index contributed by atoms with van der Waals surface area (Å²) in [5, 5.41) is 0. The predicted molar refractivity (Wildman–Crippen MR) is 61.1 cm³/mol. The molecule has 0 radical (unpaired) electrons. The third-order valence-corrected chi connectivity index (χ3v) is 3.04. The second kappa shape index (κ2) is 4.47. The first kappa shape index (κ1) is 10.9. The van der Waals surface area contributed by atoms with Gasteiger partial charge in [0.05, 0.1) is 6.04 Å². The number of hydrogen-bond donors (Lipinski definition) is 0. The van der Waals surface area contributed by atoms with Crippen LogP contribution < -0.4 is 4.90 Å². The number of carbonyl (C=O) groups is 1. The summed E-state index contributed by atoms with van der Waals surface area (Å²) in [6, 6.07) is 2.08. The smallest absolute Gasteiger partial charge is 0.225 e. The molecule has 1 aliphatic rings. The fourth-order valence-electron chi connectivity index (χ4n) is 1.95. The number of hydrogen-bond acceptors (Lipinski definition) is 4. The van der Waals surface area contributed by atoms with Crippen molar-refractivity contribution in [2.45, 2.75) is 19.4 Å². The van der Waals surface area contributed by atoms with E-state index in [0.29, 0.717) is 0 Å². The van der Waals surface area contributed by atoms with Gasteiger partial charge in [0.25, 0.3) is 0 Å². The fraction of sp³-hybridized carbons (Fsp3) is 0.545. The van der Waals surface area contributed by atoms with Crippen LogP contribution in [0, 0.1) is 0 Å². The molecule has 16 heavy (non-hydrogen) atoms. The Morgan fingerprint density at radius 3 is 2.81 bits per heavy atom. The van der Waals surface area contributed by atoms with Crippen LogP contribution in [0.3, 0.4) is 0 Å². The van der Waals surface area contributed by atoms with Crippen molar-refractivity contribution < 1.29 is 4.79 Å². The number of aromatic nitrogens is 2. The molecule has 0 spiro atoms. The molecule has 2 heterocycles. The third kappa shape index (κ3) is 2.13. The van der Waals surface area contributed by atoms with Crippen molar-refractivity contribution in [3.05, 3.63) is 18.5 Å². The van der Waals surface area contributed by atoms with Gasteiger partial charge in [0.1, 0.15) is 0 Å². The van der Waals surface area contributed by atoms with Gasteiger partial charge < -0.3 is 9.80 Å². The second-order valence-electron chi connectivity index (χ2n) is 4.07. The minimum absolute atomic E-state index is 0.112. The highest BCUT2D eigenvalue weighted by Gasteiger charge is 2.28. The first-order chi connectivity index (χ1) is 7.68. The molecule has 1 amide bonds. The summed E-state index contributed by atoms with van der Waals surface area (Å²) in [5.41, 5.74) is 0. The molecule has 0 N–H and O–H groups in total. The molecular formula is C11H16N4O. The molecular weight excluding hydrogens is 204 g/mol. The van der Waals surface area contributed by atoms with Gasteiger partial charge in [-0.05, 0) is 12.5 Å². The van der Waals surface area contributed by atoms with Crippen LogP contribution in [0.4, 0.5) is 5.95 Å². The summed E-state index contributed by atoms with van der Waals surface area (Å²) in [4.78, 5) is 23.6. The minimum Gasteiger partial charge on any atom is -0.341 e. The molecule has 1 fully saturated rings. The maximum absolute atomic E-state index is 11.3. The Hall–Kier alpha value is -1.65. The van der Waals surface area contributed by atoms with Gasteiger partial charge in [-0.1, -0.05) is 0 Å². The molecule has 5 heteroatoms. The largest absolute Gasteiger partial charge is 0.341 e. The van der Waals surface area contributed by atoms with E-state index in [0.717, 1.165) is 25.5 Å². The summed E-state index contributed by atoms with van der Waals surface area (Å²) in [6.07, 6.45) is 4.46. The lowest BCUT2D eigenvalue weighted by molar-refractivity contribution is -0.129. The Kier molecular flexibility index (Phi) is 3.03. The highest BCUT2D eigenvalue weighted by molar-refractivity contribution is 5.73. The molecule has 1 aromatic heterocycles. The maximum atomic E-state index is 11.3. The summed E-state index contributed by atoms with van der Waals surface area (Å²) >= 11 is 0. The molecule has 86 valence electrons. The van der Waals surface area contributed by atoms with E-state index in [1.54, 1.807) is 30.3 Å². The van der Waals surface area contributed by atoms with Gasteiger partial charge >= 0.3 is 0 Å². The van der Waals surface area contributed by atoms with E-state index in [2.05, 4.69) is 14.9 Å². The van der Waals surface area contributed by atoms with Crippen molar-refractivity contribution >= 4 is 11.9 Å². The third-order valence-electron chi connectivity index (χ3n) is 3.04. The van der Waals surface area contributed by atoms with E-state index < -0.39 is 0 Å². The van der Waals surface area contributed by atoms with Gasteiger partial charge in [-0.3, -0.25) is 4.79 Å². The van der Waals surface area contributed by atoms with Gasteiger partial charge in [-0.2, -0.15) is 0 Å². The van der Waals surface area contributed by atoms with Crippen LogP contribution in [-0.2, 0) is 4.79 Å². The van der Waals surface area contributed by atoms with E-state index >= 15 is 0 Å². The lowest BCUT2D eigenvalue weighted by Gasteiger charge is -2.23. The van der Waals surface area contributed by atoms with Crippen LogP contribution in [0.2, 0.25) is 0 Å². The fourth-order valence-corrected chi connectivity index (χ4v) is 1.95. The normalized spacial score (nSPS) is 19.9. The van der Waals surface area contributed by atoms with Crippen molar-refractivity contribution in [2.24, 2.45) is 0 Å². The van der Waals surface area contributed by atoms with Crippen LogP contribution in [0.5, 0.6) is 0 Å². The van der Waals surface area contributed by atoms with Crippen molar-refractivity contribution in [2.75, 3.05) is 25.0 Å². The first-order valence-electron chi connectivity index (χ1n) is 5.44. The zero-order chi connectivity index (χ0) is 11.5. The summed E-state index contributed by atoms with van der Waals surface area (Å²) in [7, 11) is 1.85. The van der Waals surface area contributed by atoms with Crippen LogP contribution in [-0.4, -0.2) is 47.0 Å². The van der Waals surface area contributed by atoms with E-state index in [4.69, 9.17) is 0 Å². The Morgan fingerprint density at radius 2 is 2.19 bits per heavy atom. The van der Waals surface area contributed by atoms with Gasteiger partial charge in [0, 0.05) is 39.5 Å². The Morgan fingerprint density at radius 1 is 1.50 bits per heavy atom. The summed E-state index contributed by atoms with van der Waals surface area (Å²) < 4.78 is 0. The van der Waals surface area contributed by atoms with Crippen LogP contribution >= 0.6 is 0 Å². The average molecular weight is 220 g/mol. The zero-order valence-corrected chi connectivity index (χ0v) is 9.63. The maximum Gasteiger partial charge on any atom is 0.225 e. The monoisotopic (exact) mass is 220 g/mol. The van der Waals surface area contributed by atoms with Crippen molar-refractivity contribution in [1.29, 1.82) is 0 Å². The van der Waals surface area contributed by atoms with Crippen LogP contribution in [0.15, 0.2) is 18.5 Å². The lowest BCUT2D eigenvalue weighted by atomic mass is 10.2. The molecule has 0 aliphatic carbocycles. The molecule has 0 bridgehead atoms. The van der Waals surface area contributed by atoms with E-state index in [9.17, 15) is 4.79 Å². The standard InChI is InChI=1S/C11H16N4O/c1-9(16)14(2)10-4-7-15(8-10)11-12-5-3-6-13-11/h3,5-6,10H,4,7-8H2,1-2H3. The number of likely N-dealkylation sites (N-methyl/N-ethyl adjacent to an activating group) is 1. The molecule has 2 rings (SSSR count). The molecule has 1 aliphatic heterocycles. The van der Waals surface area contributed by atoms with Crippen molar-refractivity contribution in [3.8, 4) is 0 Å². The molecule has 1 saturated heterocycles. The quantitative estimate of drug-likeness (QED) is 0.729. The van der Waals surface area contributed by atoms with E-state index in [-0.39, 0.29) is 11.9 Å². The molecule has 1 atom stereocenters. The molecule has 1 unspecified atom stereocenters. The molecule has 1 aromatic rings. The predicted octanol–water partition coefficient (Wildman–Crippen LogP) is 0.534. The van der Waals surface area contributed by atoms with Gasteiger partial charge in [0.15, 0.2) is 0 Å². The number of amides is 1. The lowest BCUT2D eigenvalue weighted by Crippen LogP contribution is -2.37. The Labute approximate surface area is 95.1 Å². The van der Waals surface area contributed by atoms with Gasteiger partial charge in [0.2, 0.25) is 11.9 Å². The number of nitrogens with zero attached hydrogens (tertiary/aromatic N) is 4. The zero-order valence-electron chi connectivity index (χ0n) is 9.63.